The minimum atomic E-state index is 0.0373. The van der Waals surface area contributed by atoms with E-state index >= 15 is 0 Å². The number of rotatable bonds is 16. The van der Waals surface area contributed by atoms with Gasteiger partial charge in [-0.3, -0.25) is 19.8 Å². The molecule has 2 atom stereocenters. The Hall–Kier alpha value is -2.86. The van der Waals surface area contributed by atoms with Crippen molar-refractivity contribution in [1.82, 2.24) is 19.6 Å². The molecule has 2 N–H and O–H groups in total. The number of hydrogen-bond donors (Lipinski definition) is 2. The second-order valence-electron chi connectivity index (χ2n) is 14.8. The molecule has 2 aliphatic heterocycles. The van der Waals surface area contributed by atoms with E-state index in [4.69, 9.17) is 19.5 Å². The van der Waals surface area contributed by atoms with E-state index in [-0.39, 0.29) is 12.1 Å². The first-order valence-electron chi connectivity index (χ1n) is 18.9. The monoisotopic (exact) mass is 690 g/mol. The summed E-state index contributed by atoms with van der Waals surface area (Å²) in [6.45, 7) is 17.3. The van der Waals surface area contributed by atoms with Gasteiger partial charge in [-0.1, -0.05) is 25.0 Å². The van der Waals surface area contributed by atoms with Gasteiger partial charge in [0.2, 0.25) is 0 Å². The van der Waals surface area contributed by atoms with Gasteiger partial charge in [-0.15, -0.1) is 0 Å². The second kappa shape index (κ2) is 19.7. The fourth-order valence-corrected chi connectivity index (χ4v) is 7.50. The van der Waals surface area contributed by atoms with E-state index in [9.17, 15) is 10.2 Å². The van der Waals surface area contributed by atoms with E-state index < -0.39 is 0 Å². The van der Waals surface area contributed by atoms with Crippen LogP contribution in [-0.2, 0) is 22.6 Å². The SMILES string of the molecule is Cc1cc(CN(C)CCCN2CCOCC2)cc(C=NC2CCCC[C@H]2N=Cc2cc(CN(C)CCCN3CCOCC3)cc(C)c2O)c1O. The van der Waals surface area contributed by atoms with Gasteiger partial charge in [-0.2, -0.15) is 0 Å². The minimum Gasteiger partial charge on any atom is -0.507 e. The number of nitrogens with zero attached hydrogens (tertiary/aromatic N) is 6. The Morgan fingerprint density at radius 3 is 1.48 bits per heavy atom. The quantitative estimate of drug-likeness (QED) is 0.241. The Labute approximate surface area is 300 Å². The highest BCUT2D eigenvalue weighted by atomic mass is 16.5. The maximum absolute atomic E-state index is 11.0. The Kier molecular flexibility index (Phi) is 15.1. The van der Waals surface area contributed by atoms with Gasteiger partial charge >= 0.3 is 0 Å². The van der Waals surface area contributed by atoms with Crippen molar-refractivity contribution in [2.75, 3.05) is 92.9 Å². The molecule has 50 heavy (non-hydrogen) atoms. The van der Waals surface area contributed by atoms with Crippen LogP contribution in [0.25, 0.3) is 0 Å². The number of morpholine rings is 2. The van der Waals surface area contributed by atoms with Gasteiger partial charge in [0.05, 0.1) is 38.5 Å². The standard InChI is InChI=1S/C40H62N6O4/c1-31-23-33(29-43(3)11-7-13-45-15-19-49-20-16-45)25-35(39(31)47)27-41-37-9-5-6-10-38(37)42-28-36-26-34(24-32(2)40(36)48)30-44(4)12-8-14-46-17-21-50-22-18-46/h23-28,37-38,47-48H,5-22,29-30H2,1-4H3/t37-,38?/m1/s1. The number of aliphatic imine (C=N–C) groups is 2. The average molecular weight is 691 g/mol. The topological polar surface area (TPSA) is 96.6 Å². The fraction of sp³-hybridized carbons (Fsp3) is 0.650. The molecule has 2 aromatic rings. The molecule has 0 spiro atoms. The van der Waals surface area contributed by atoms with Crippen LogP contribution in [0.4, 0.5) is 0 Å². The molecule has 5 rings (SSSR count). The van der Waals surface area contributed by atoms with Gasteiger partial charge in [-0.05, 0) is 114 Å². The molecule has 0 amide bonds. The van der Waals surface area contributed by atoms with Gasteiger partial charge in [0, 0.05) is 62.8 Å². The lowest BCUT2D eigenvalue weighted by Gasteiger charge is -2.27. The van der Waals surface area contributed by atoms with E-state index in [1.807, 2.05) is 26.3 Å². The molecule has 1 aliphatic carbocycles. The van der Waals surface area contributed by atoms with Crippen LogP contribution in [0.15, 0.2) is 34.3 Å². The maximum atomic E-state index is 11.0. The van der Waals surface area contributed by atoms with E-state index in [0.29, 0.717) is 11.5 Å². The molecule has 3 fully saturated rings. The van der Waals surface area contributed by atoms with Crippen LogP contribution in [0.5, 0.6) is 11.5 Å². The van der Waals surface area contributed by atoms with Crippen molar-refractivity contribution >= 4 is 12.4 Å². The molecular weight excluding hydrogens is 628 g/mol. The smallest absolute Gasteiger partial charge is 0.127 e. The summed E-state index contributed by atoms with van der Waals surface area (Å²) >= 11 is 0. The van der Waals surface area contributed by atoms with E-state index in [0.717, 1.165) is 153 Å². The number of hydrogen-bond acceptors (Lipinski definition) is 10. The molecule has 3 aliphatic rings. The summed E-state index contributed by atoms with van der Waals surface area (Å²) in [7, 11) is 4.34. The Morgan fingerprint density at radius 1 is 0.680 bits per heavy atom. The highest BCUT2D eigenvalue weighted by Gasteiger charge is 2.24. The van der Waals surface area contributed by atoms with Crippen molar-refractivity contribution in [3.05, 3.63) is 57.6 Å². The number of phenolic OH excluding ortho intramolecular Hbond substituents is 2. The number of ether oxygens (including phenoxy) is 2. The van der Waals surface area contributed by atoms with Crippen molar-refractivity contribution in [3.63, 3.8) is 0 Å². The molecule has 1 saturated carbocycles. The van der Waals surface area contributed by atoms with Crippen molar-refractivity contribution in [2.24, 2.45) is 9.98 Å². The van der Waals surface area contributed by atoms with Crippen molar-refractivity contribution in [3.8, 4) is 11.5 Å². The third-order valence-corrected chi connectivity index (χ3v) is 10.4. The van der Waals surface area contributed by atoms with Gasteiger partial charge in [0.25, 0.3) is 0 Å². The molecule has 2 aromatic carbocycles. The number of benzene rings is 2. The predicted octanol–water partition coefficient (Wildman–Crippen LogP) is 4.87. The second-order valence-corrected chi connectivity index (χ2v) is 14.8. The summed E-state index contributed by atoms with van der Waals surface area (Å²) in [5.74, 6) is 0.596. The lowest BCUT2D eigenvalue weighted by atomic mass is 9.91. The van der Waals surface area contributed by atoms with Crippen LogP contribution < -0.4 is 0 Å². The summed E-state index contributed by atoms with van der Waals surface area (Å²) < 4.78 is 10.9. The summed E-state index contributed by atoms with van der Waals surface area (Å²) in [5.41, 5.74) is 5.65. The number of aromatic hydroxyl groups is 2. The van der Waals surface area contributed by atoms with Gasteiger partial charge in [0.1, 0.15) is 11.5 Å². The highest BCUT2D eigenvalue weighted by Crippen LogP contribution is 2.28. The molecule has 1 unspecified atom stereocenters. The third kappa shape index (κ3) is 11.9. The van der Waals surface area contributed by atoms with Crippen LogP contribution in [0.2, 0.25) is 0 Å². The van der Waals surface area contributed by atoms with Crippen molar-refractivity contribution < 1.29 is 19.7 Å². The largest absolute Gasteiger partial charge is 0.507 e. The highest BCUT2D eigenvalue weighted by molar-refractivity contribution is 5.85. The zero-order chi connectivity index (χ0) is 35.3. The molecule has 10 nitrogen and oxygen atoms in total. The zero-order valence-corrected chi connectivity index (χ0v) is 31.2. The first-order chi connectivity index (χ1) is 24.2. The summed E-state index contributed by atoms with van der Waals surface area (Å²) in [4.78, 5) is 19.7. The first kappa shape index (κ1) is 38.4. The molecule has 2 heterocycles. The van der Waals surface area contributed by atoms with Crippen LogP contribution >= 0.6 is 0 Å². The normalized spacial score (nSPS) is 21.3. The fourth-order valence-electron chi connectivity index (χ4n) is 7.50. The van der Waals surface area contributed by atoms with Gasteiger partial charge in [0.15, 0.2) is 0 Å². The third-order valence-electron chi connectivity index (χ3n) is 10.4. The molecular formula is C40H62N6O4. The Morgan fingerprint density at radius 2 is 1.08 bits per heavy atom. The Balaban J connectivity index is 1.17. The van der Waals surface area contributed by atoms with Crippen LogP contribution in [0.1, 0.15) is 71.9 Å². The molecule has 0 bridgehead atoms. The lowest BCUT2D eigenvalue weighted by Crippen LogP contribution is -2.37. The summed E-state index contributed by atoms with van der Waals surface area (Å²) in [5, 5.41) is 21.9. The van der Waals surface area contributed by atoms with E-state index in [1.54, 1.807) is 0 Å². The number of phenols is 2. The zero-order valence-electron chi connectivity index (χ0n) is 31.2. The molecule has 0 aromatic heterocycles. The molecule has 10 heteroatoms. The lowest BCUT2D eigenvalue weighted by molar-refractivity contribution is 0.0363. The van der Waals surface area contributed by atoms with E-state index in [1.165, 1.54) is 11.1 Å². The number of aryl methyl sites for hydroxylation is 2. The van der Waals surface area contributed by atoms with Crippen LogP contribution in [0, 0.1) is 13.8 Å². The Bertz CT molecular complexity index is 1300. The summed E-state index contributed by atoms with van der Waals surface area (Å²) in [6.07, 6.45) is 10.1. The molecule has 276 valence electrons. The van der Waals surface area contributed by atoms with Crippen molar-refractivity contribution in [2.45, 2.75) is 77.5 Å². The van der Waals surface area contributed by atoms with Crippen LogP contribution in [0.3, 0.4) is 0 Å². The van der Waals surface area contributed by atoms with E-state index in [2.05, 4.69) is 58.0 Å². The van der Waals surface area contributed by atoms with Crippen molar-refractivity contribution in [1.29, 1.82) is 0 Å². The predicted molar refractivity (Wildman–Crippen MR) is 203 cm³/mol. The molecule has 2 saturated heterocycles. The minimum absolute atomic E-state index is 0.0373. The molecule has 0 radical (unpaired) electrons. The van der Waals surface area contributed by atoms with Gasteiger partial charge in [-0.25, -0.2) is 0 Å². The average Bonchev–Trinajstić information content (AvgIpc) is 3.11. The first-order valence-corrected chi connectivity index (χ1v) is 18.9. The van der Waals surface area contributed by atoms with Gasteiger partial charge < -0.3 is 29.5 Å². The summed E-state index contributed by atoms with van der Waals surface area (Å²) in [6, 6.07) is 8.41. The maximum Gasteiger partial charge on any atom is 0.127 e. The van der Waals surface area contributed by atoms with Crippen LogP contribution in [-0.4, -0.2) is 147 Å².